The van der Waals surface area contributed by atoms with Gasteiger partial charge < -0.3 is 14.2 Å². The number of rotatable bonds is 8. The molecule has 1 aliphatic carbocycles. The van der Waals surface area contributed by atoms with Crippen molar-refractivity contribution in [3.8, 4) is 17.2 Å². The smallest absolute Gasteiger partial charge is 0.127 e. The van der Waals surface area contributed by atoms with Crippen LogP contribution < -0.4 is 14.2 Å². The lowest BCUT2D eigenvalue weighted by Crippen LogP contribution is -2.20. The van der Waals surface area contributed by atoms with Crippen molar-refractivity contribution in [1.82, 2.24) is 0 Å². The van der Waals surface area contributed by atoms with Crippen molar-refractivity contribution in [1.29, 1.82) is 0 Å². The summed E-state index contributed by atoms with van der Waals surface area (Å²) in [5.41, 5.74) is 4.85. The molecule has 0 heterocycles. The van der Waals surface area contributed by atoms with E-state index in [2.05, 4.69) is 31.2 Å². The SMILES string of the molecule is COc1ccc(C(Cl)c2ccc(OCc3ccc(C4(C)CCCCCC4)cc3)cc2)c(OC)c1. The molecule has 0 amide bonds. The van der Waals surface area contributed by atoms with E-state index in [9.17, 15) is 0 Å². The normalized spacial score (nSPS) is 16.4. The first-order valence-corrected chi connectivity index (χ1v) is 12.6. The van der Waals surface area contributed by atoms with Crippen LogP contribution in [0.4, 0.5) is 0 Å². The molecule has 1 aliphatic rings. The Morgan fingerprint density at radius 1 is 0.794 bits per heavy atom. The molecule has 3 aromatic rings. The molecule has 34 heavy (non-hydrogen) atoms. The maximum atomic E-state index is 6.77. The summed E-state index contributed by atoms with van der Waals surface area (Å²) in [5.74, 6) is 2.28. The first kappa shape index (κ1) is 24.5. The fraction of sp³-hybridized carbons (Fsp3) is 0.400. The van der Waals surface area contributed by atoms with Gasteiger partial charge in [0.1, 0.15) is 23.9 Å². The van der Waals surface area contributed by atoms with Crippen LogP contribution in [0.1, 0.15) is 73.1 Å². The van der Waals surface area contributed by atoms with Crippen molar-refractivity contribution >= 4 is 11.6 Å². The predicted octanol–water partition coefficient (Wildman–Crippen LogP) is 8.22. The fourth-order valence-electron chi connectivity index (χ4n) is 4.91. The number of halogens is 1. The van der Waals surface area contributed by atoms with Crippen molar-refractivity contribution < 1.29 is 14.2 Å². The van der Waals surface area contributed by atoms with Crippen LogP contribution in [0.15, 0.2) is 66.7 Å². The van der Waals surface area contributed by atoms with E-state index in [1.54, 1.807) is 14.2 Å². The van der Waals surface area contributed by atoms with Gasteiger partial charge in [-0.2, -0.15) is 0 Å². The van der Waals surface area contributed by atoms with Gasteiger partial charge in [-0.15, -0.1) is 11.6 Å². The molecule has 0 aliphatic heterocycles. The largest absolute Gasteiger partial charge is 0.497 e. The van der Waals surface area contributed by atoms with E-state index in [4.69, 9.17) is 25.8 Å². The maximum absolute atomic E-state index is 6.77. The summed E-state index contributed by atoms with van der Waals surface area (Å²) in [7, 11) is 3.28. The summed E-state index contributed by atoms with van der Waals surface area (Å²) >= 11 is 6.77. The van der Waals surface area contributed by atoms with Gasteiger partial charge in [0.05, 0.1) is 19.6 Å². The molecule has 180 valence electrons. The predicted molar refractivity (Wildman–Crippen MR) is 140 cm³/mol. The molecule has 3 aromatic carbocycles. The molecular formula is C30H35ClO3. The Labute approximate surface area is 209 Å². The van der Waals surface area contributed by atoms with Gasteiger partial charge >= 0.3 is 0 Å². The average Bonchev–Trinajstić information content (AvgIpc) is 3.12. The second-order valence-electron chi connectivity index (χ2n) is 9.50. The van der Waals surface area contributed by atoms with Crippen molar-refractivity contribution in [2.24, 2.45) is 0 Å². The summed E-state index contributed by atoms with van der Waals surface area (Å²) in [4.78, 5) is 0. The van der Waals surface area contributed by atoms with Crippen LogP contribution in [0, 0.1) is 0 Å². The molecule has 3 nitrogen and oxygen atoms in total. The molecular weight excluding hydrogens is 444 g/mol. The van der Waals surface area contributed by atoms with Crippen LogP contribution in [0.3, 0.4) is 0 Å². The van der Waals surface area contributed by atoms with Crippen LogP contribution >= 0.6 is 11.6 Å². The monoisotopic (exact) mass is 478 g/mol. The van der Waals surface area contributed by atoms with Crippen molar-refractivity contribution in [2.45, 2.75) is 62.8 Å². The molecule has 0 N–H and O–H groups in total. The Morgan fingerprint density at radius 2 is 1.44 bits per heavy atom. The summed E-state index contributed by atoms with van der Waals surface area (Å²) in [6.45, 7) is 2.98. The van der Waals surface area contributed by atoms with E-state index in [0.29, 0.717) is 17.8 Å². The van der Waals surface area contributed by atoms with Crippen molar-refractivity contribution in [3.05, 3.63) is 89.0 Å². The third-order valence-electron chi connectivity index (χ3n) is 7.15. The number of hydrogen-bond donors (Lipinski definition) is 0. The van der Waals surface area contributed by atoms with Gasteiger partial charge in [-0.1, -0.05) is 69.0 Å². The van der Waals surface area contributed by atoms with Crippen LogP contribution in [-0.2, 0) is 12.0 Å². The van der Waals surface area contributed by atoms with Gasteiger partial charge in [0, 0.05) is 11.6 Å². The lowest BCUT2D eigenvalue weighted by molar-refractivity contribution is 0.306. The van der Waals surface area contributed by atoms with Crippen LogP contribution in [0.5, 0.6) is 17.2 Å². The minimum absolute atomic E-state index is 0.316. The second-order valence-corrected chi connectivity index (χ2v) is 9.94. The molecule has 0 aromatic heterocycles. The highest BCUT2D eigenvalue weighted by Crippen LogP contribution is 2.39. The standard InChI is InChI=1S/C30H35ClO3/c1-30(18-6-4-5-7-19-30)24-12-8-22(9-13-24)21-34-25-14-10-23(11-15-25)29(31)27-17-16-26(32-2)20-28(27)33-3/h8-17,20,29H,4-7,18-19,21H2,1-3H3. The number of ether oxygens (including phenoxy) is 3. The molecule has 0 radical (unpaired) electrons. The Hall–Kier alpha value is -2.65. The number of benzene rings is 3. The summed E-state index contributed by atoms with van der Waals surface area (Å²) < 4.78 is 16.8. The Morgan fingerprint density at radius 3 is 2.06 bits per heavy atom. The number of methoxy groups -OCH3 is 2. The van der Waals surface area contributed by atoms with E-state index in [-0.39, 0.29) is 5.38 Å². The minimum Gasteiger partial charge on any atom is -0.497 e. The molecule has 1 saturated carbocycles. The maximum Gasteiger partial charge on any atom is 0.127 e. The van der Waals surface area contributed by atoms with E-state index in [1.807, 2.05) is 42.5 Å². The highest BCUT2D eigenvalue weighted by molar-refractivity contribution is 6.22. The van der Waals surface area contributed by atoms with E-state index < -0.39 is 0 Å². The van der Waals surface area contributed by atoms with Crippen molar-refractivity contribution in [3.63, 3.8) is 0 Å². The lowest BCUT2D eigenvalue weighted by Gasteiger charge is -2.29. The fourth-order valence-corrected chi connectivity index (χ4v) is 5.23. The molecule has 1 fully saturated rings. The molecule has 1 atom stereocenters. The van der Waals surface area contributed by atoms with Crippen LogP contribution in [0.25, 0.3) is 0 Å². The lowest BCUT2D eigenvalue weighted by atomic mass is 9.76. The molecule has 0 spiro atoms. The van der Waals surface area contributed by atoms with E-state index in [1.165, 1.54) is 49.7 Å². The molecule has 0 bridgehead atoms. The van der Waals surface area contributed by atoms with Gasteiger partial charge in [-0.25, -0.2) is 0 Å². The zero-order valence-corrected chi connectivity index (χ0v) is 21.2. The second kappa shape index (κ2) is 11.2. The molecule has 1 unspecified atom stereocenters. The van der Waals surface area contributed by atoms with Gasteiger partial charge in [-0.05, 0) is 59.2 Å². The highest BCUT2D eigenvalue weighted by atomic mass is 35.5. The van der Waals surface area contributed by atoms with Crippen LogP contribution in [0.2, 0.25) is 0 Å². The summed E-state index contributed by atoms with van der Waals surface area (Å²) in [6.07, 6.45) is 8.01. The van der Waals surface area contributed by atoms with Gasteiger partial charge in [-0.3, -0.25) is 0 Å². The Balaban J connectivity index is 1.38. The van der Waals surface area contributed by atoms with E-state index in [0.717, 1.165) is 22.6 Å². The number of hydrogen-bond acceptors (Lipinski definition) is 3. The third-order valence-corrected chi connectivity index (χ3v) is 7.64. The molecule has 0 saturated heterocycles. The van der Waals surface area contributed by atoms with Crippen LogP contribution in [-0.4, -0.2) is 14.2 Å². The van der Waals surface area contributed by atoms with Gasteiger partial charge in [0.2, 0.25) is 0 Å². The van der Waals surface area contributed by atoms with Gasteiger partial charge in [0.15, 0.2) is 0 Å². The Kier molecular flexibility index (Phi) is 8.05. The zero-order chi connectivity index (χ0) is 24.0. The zero-order valence-electron chi connectivity index (χ0n) is 20.5. The Bertz CT molecular complexity index is 1050. The number of alkyl halides is 1. The highest BCUT2D eigenvalue weighted by Gasteiger charge is 2.27. The minimum atomic E-state index is -0.326. The molecule has 4 rings (SSSR count). The summed E-state index contributed by atoms with van der Waals surface area (Å²) in [6, 6.07) is 22.7. The quantitative estimate of drug-likeness (QED) is 0.241. The van der Waals surface area contributed by atoms with Gasteiger partial charge in [0.25, 0.3) is 0 Å². The third kappa shape index (κ3) is 5.70. The topological polar surface area (TPSA) is 27.7 Å². The van der Waals surface area contributed by atoms with Crippen molar-refractivity contribution in [2.75, 3.05) is 14.2 Å². The summed E-state index contributed by atoms with van der Waals surface area (Å²) in [5, 5.41) is -0.326. The van der Waals surface area contributed by atoms with E-state index >= 15 is 0 Å². The molecule has 4 heteroatoms. The first-order chi connectivity index (χ1) is 16.5. The first-order valence-electron chi connectivity index (χ1n) is 12.2. The average molecular weight is 479 g/mol.